The van der Waals surface area contributed by atoms with Crippen LogP contribution in [0, 0.1) is 11.8 Å². The van der Waals surface area contributed by atoms with Crippen molar-refractivity contribution in [2.45, 2.75) is 24.9 Å². The molecule has 0 saturated carbocycles. The molecule has 4 atom stereocenters. The fourth-order valence-corrected chi connectivity index (χ4v) is 4.26. The van der Waals surface area contributed by atoms with Crippen molar-refractivity contribution in [2.75, 3.05) is 21.3 Å². The number of likely N-dealkylation sites (tertiary alicyclic amines) is 1. The molecule has 3 rings (SSSR count). The van der Waals surface area contributed by atoms with Gasteiger partial charge in [0.2, 0.25) is 17.4 Å². The zero-order chi connectivity index (χ0) is 18.4. The molecule has 25 heavy (non-hydrogen) atoms. The zero-order valence-electron chi connectivity index (χ0n) is 14.8. The molecule has 2 amide bonds. The van der Waals surface area contributed by atoms with Crippen LogP contribution >= 0.6 is 0 Å². The first-order chi connectivity index (χ1) is 11.9. The summed E-state index contributed by atoms with van der Waals surface area (Å²) in [4.78, 5) is 39.2. The lowest BCUT2D eigenvalue weighted by Gasteiger charge is -2.27. The number of rotatable bonds is 4. The number of carbonyl (C=O) groups is 3. The molecule has 1 aromatic rings. The molecule has 0 unspecified atom stereocenters. The number of esters is 1. The molecule has 0 aromatic heterocycles. The number of nitrogens with zero attached hydrogens (tertiary/aromatic N) is 1. The number of amides is 2. The average molecular weight is 347 g/mol. The molecule has 2 saturated heterocycles. The van der Waals surface area contributed by atoms with E-state index in [4.69, 9.17) is 9.47 Å². The number of nitrogens with two attached hydrogens (primary N) is 1. The van der Waals surface area contributed by atoms with E-state index in [1.54, 1.807) is 7.11 Å². The molecule has 134 valence electrons. The van der Waals surface area contributed by atoms with Crippen LogP contribution in [0.2, 0.25) is 0 Å². The van der Waals surface area contributed by atoms with Crippen molar-refractivity contribution in [1.29, 1.82) is 0 Å². The molecular formula is C18H23N2O5+. The third kappa shape index (κ3) is 2.33. The van der Waals surface area contributed by atoms with Gasteiger partial charge < -0.3 is 14.8 Å². The van der Waals surface area contributed by atoms with Crippen molar-refractivity contribution in [2.24, 2.45) is 11.8 Å². The summed E-state index contributed by atoms with van der Waals surface area (Å²) < 4.78 is 10.2. The lowest BCUT2D eigenvalue weighted by Crippen LogP contribution is -2.98. The fraction of sp³-hybridized carbons (Fsp3) is 0.500. The van der Waals surface area contributed by atoms with Crippen molar-refractivity contribution < 1.29 is 29.2 Å². The van der Waals surface area contributed by atoms with Crippen molar-refractivity contribution >= 4 is 17.8 Å². The van der Waals surface area contributed by atoms with E-state index >= 15 is 0 Å². The highest BCUT2D eigenvalue weighted by atomic mass is 16.5. The zero-order valence-corrected chi connectivity index (χ0v) is 14.8. The number of ether oxygens (including phenoxy) is 2. The van der Waals surface area contributed by atoms with Crippen LogP contribution in [0.15, 0.2) is 24.3 Å². The van der Waals surface area contributed by atoms with E-state index in [1.165, 1.54) is 14.2 Å². The molecule has 2 aliphatic rings. The minimum absolute atomic E-state index is 0.244. The van der Waals surface area contributed by atoms with Gasteiger partial charge in [0.15, 0.2) is 0 Å². The van der Waals surface area contributed by atoms with Gasteiger partial charge in [-0.2, -0.15) is 0 Å². The van der Waals surface area contributed by atoms with E-state index in [9.17, 15) is 14.4 Å². The summed E-state index contributed by atoms with van der Waals surface area (Å²) in [5, 5.41) is 1.85. The normalized spacial score (nSPS) is 31.2. The topological polar surface area (TPSA) is 89.5 Å². The largest absolute Gasteiger partial charge is 0.497 e. The summed E-state index contributed by atoms with van der Waals surface area (Å²) in [5.74, 6) is -1.60. The molecule has 0 bridgehead atoms. The third-order valence-electron chi connectivity index (χ3n) is 5.64. The number of benzene rings is 1. The SMILES string of the molecule is CC[C@@]1(C(=O)OC)[NH2+][C@@H](c2ccc(OC)cc2)[C@H]2C(=O)N(C)C(=O)[C@@H]21. The number of methoxy groups -OCH3 is 2. The standard InChI is InChI=1S/C18H22N2O5/c1-5-18(17(23)25-4)13-12(15(21)20(2)16(13)22)14(19-18)10-6-8-11(24-3)9-7-10/h6-9,12-14,19H,5H2,1-4H3/p+1/t12-,13+,14-,18+/m0/s1. The van der Waals surface area contributed by atoms with E-state index in [2.05, 4.69) is 0 Å². The molecule has 0 radical (unpaired) electrons. The quantitative estimate of drug-likeness (QED) is 0.605. The lowest BCUT2D eigenvalue weighted by atomic mass is 9.78. The van der Waals surface area contributed by atoms with Crippen LogP contribution in [0.4, 0.5) is 0 Å². The van der Waals surface area contributed by atoms with Crippen LogP contribution in [-0.2, 0) is 19.1 Å². The predicted octanol–water partition coefficient (Wildman–Crippen LogP) is -0.134. The fourth-order valence-electron chi connectivity index (χ4n) is 4.26. The number of quaternary nitrogens is 1. The molecule has 2 N–H and O–H groups in total. The number of fused-ring (bicyclic) bond motifs is 1. The van der Waals surface area contributed by atoms with Gasteiger partial charge in [0.1, 0.15) is 23.6 Å². The van der Waals surface area contributed by atoms with Gasteiger partial charge in [-0.1, -0.05) is 6.92 Å². The van der Waals surface area contributed by atoms with Crippen LogP contribution < -0.4 is 10.1 Å². The minimum atomic E-state index is -1.08. The minimum Gasteiger partial charge on any atom is -0.497 e. The van der Waals surface area contributed by atoms with Gasteiger partial charge in [0, 0.05) is 19.0 Å². The molecule has 1 aromatic carbocycles. The van der Waals surface area contributed by atoms with Crippen molar-refractivity contribution in [3.63, 3.8) is 0 Å². The molecule has 2 heterocycles. The van der Waals surface area contributed by atoms with Crippen LogP contribution in [-0.4, -0.2) is 49.5 Å². The van der Waals surface area contributed by atoms with Gasteiger partial charge >= 0.3 is 5.97 Å². The molecular weight excluding hydrogens is 324 g/mol. The summed E-state index contributed by atoms with van der Waals surface area (Å²) >= 11 is 0. The molecule has 2 aliphatic heterocycles. The summed E-state index contributed by atoms with van der Waals surface area (Å²) in [6.45, 7) is 1.84. The Labute approximate surface area is 146 Å². The van der Waals surface area contributed by atoms with Crippen LogP contribution in [0.5, 0.6) is 5.75 Å². The summed E-state index contributed by atoms with van der Waals surface area (Å²) in [6.07, 6.45) is 0.403. The third-order valence-corrected chi connectivity index (χ3v) is 5.64. The molecule has 0 aliphatic carbocycles. The summed E-state index contributed by atoms with van der Waals surface area (Å²) in [6, 6.07) is 7.05. The lowest BCUT2D eigenvalue weighted by molar-refractivity contribution is -0.734. The molecule has 2 fully saturated rings. The number of hydrogen-bond donors (Lipinski definition) is 1. The Morgan fingerprint density at radius 3 is 2.36 bits per heavy atom. The Kier molecular flexibility index (Phi) is 4.28. The second-order valence-electron chi connectivity index (χ2n) is 6.59. The van der Waals surface area contributed by atoms with Crippen molar-refractivity contribution in [3.8, 4) is 5.75 Å². The van der Waals surface area contributed by atoms with Gasteiger partial charge in [-0.05, 0) is 24.3 Å². The number of hydrogen-bond acceptors (Lipinski definition) is 5. The summed E-state index contributed by atoms with van der Waals surface area (Å²) in [5.41, 5.74) is -0.201. The summed E-state index contributed by atoms with van der Waals surface area (Å²) in [7, 11) is 4.38. The van der Waals surface area contributed by atoms with E-state index in [0.29, 0.717) is 12.2 Å². The van der Waals surface area contributed by atoms with E-state index < -0.39 is 23.3 Å². The monoisotopic (exact) mass is 347 g/mol. The van der Waals surface area contributed by atoms with Crippen molar-refractivity contribution in [1.82, 2.24) is 4.90 Å². The highest BCUT2D eigenvalue weighted by Gasteiger charge is 2.71. The van der Waals surface area contributed by atoms with Gasteiger partial charge in [0.05, 0.1) is 14.2 Å². The number of carbonyl (C=O) groups excluding carboxylic acids is 3. The first-order valence-corrected chi connectivity index (χ1v) is 8.31. The maximum Gasteiger partial charge on any atom is 0.368 e. The van der Waals surface area contributed by atoms with Crippen LogP contribution in [0.1, 0.15) is 24.9 Å². The predicted molar refractivity (Wildman–Crippen MR) is 87.5 cm³/mol. The molecule has 7 nitrogen and oxygen atoms in total. The van der Waals surface area contributed by atoms with E-state index in [-0.39, 0.29) is 17.9 Å². The molecule has 7 heteroatoms. The van der Waals surface area contributed by atoms with Crippen molar-refractivity contribution in [3.05, 3.63) is 29.8 Å². The highest BCUT2D eigenvalue weighted by Crippen LogP contribution is 2.45. The maximum atomic E-state index is 12.7. The first kappa shape index (κ1) is 17.4. The molecule has 0 spiro atoms. The Hall–Kier alpha value is -2.41. The van der Waals surface area contributed by atoms with Gasteiger partial charge in [-0.3, -0.25) is 14.5 Å². The Balaban J connectivity index is 2.09. The first-order valence-electron chi connectivity index (χ1n) is 8.31. The highest BCUT2D eigenvalue weighted by molar-refractivity contribution is 6.08. The number of imide groups is 1. The Bertz CT molecular complexity index is 717. The average Bonchev–Trinajstić information content (AvgIpc) is 3.11. The van der Waals surface area contributed by atoms with Gasteiger partial charge in [0.25, 0.3) is 0 Å². The van der Waals surface area contributed by atoms with Gasteiger partial charge in [-0.15, -0.1) is 0 Å². The van der Waals surface area contributed by atoms with E-state index in [0.717, 1.165) is 10.5 Å². The Morgan fingerprint density at radius 2 is 1.84 bits per heavy atom. The van der Waals surface area contributed by atoms with Gasteiger partial charge in [-0.25, -0.2) is 4.79 Å². The Morgan fingerprint density at radius 1 is 1.20 bits per heavy atom. The maximum absolute atomic E-state index is 12.7. The van der Waals surface area contributed by atoms with Crippen LogP contribution in [0.3, 0.4) is 0 Å². The smallest absolute Gasteiger partial charge is 0.368 e. The second-order valence-corrected chi connectivity index (χ2v) is 6.59. The van der Waals surface area contributed by atoms with E-state index in [1.807, 2.05) is 36.5 Å². The van der Waals surface area contributed by atoms with Crippen LogP contribution in [0.25, 0.3) is 0 Å². The second kappa shape index (κ2) is 6.15.